The van der Waals surface area contributed by atoms with Gasteiger partial charge >= 0.3 is 0 Å². The fourth-order valence-corrected chi connectivity index (χ4v) is 5.90. The first-order valence-corrected chi connectivity index (χ1v) is 11.5. The van der Waals surface area contributed by atoms with Crippen molar-refractivity contribution in [3.05, 3.63) is 59.7 Å². The summed E-state index contributed by atoms with van der Waals surface area (Å²) in [6.45, 7) is 4.20. The van der Waals surface area contributed by atoms with E-state index < -0.39 is 0 Å². The third-order valence-electron chi connectivity index (χ3n) is 7.46. The smallest absolute Gasteiger partial charge is 0.274 e. The molecule has 5 rings (SSSR count). The van der Waals surface area contributed by atoms with Gasteiger partial charge in [0.15, 0.2) is 0 Å². The predicted molar refractivity (Wildman–Crippen MR) is 117 cm³/mol. The molecule has 0 radical (unpaired) electrons. The van der Waals surface area contributed by atoms with E-state index in [1.54, 1.807) is 12.4 Å². The Hall–Kier alpha value is -2.76. The number of hydrogen-bond donors (Lipinski definition) is 0. The first kappa shape index (κ1) is 20.2. The van der Waals surface area contributed by atoms with E-state index in [1.807, 2.05) is 4.90 Å². The molecular formula is C25H30N4O2. The molecule has 1 saturated carbocycles. The molecule has 2 amide bonds. The number of likely N-dealkylation sites (tertiary alicyclic amines) is 2. The van der Waals surface area contributed by atoms with E-state index in [4.69, 9.17) is 0 Å². The highest BCUT2D eigenvalue weighted by atomic mass is 16.2. The molecule has 162 valence electrons. The summed E-state index contributed by atoms with van der Waals surface area (Å²) in [6, 6.07) is 8.86. The summed E-state index contributed by atoms with van der Waals surface area (Å²) in [4.78, 5) is 38.8. The summed E-state index contributed by atoms with van der Waals surface area (Å²) in [5.41, 5.74) is 2.91. The maximum absolute atomic E-state index is 13.4. The van der Waals surface area contributed by atoms with Gasteiger partial charge in [0.05, 0.1) is 6.20 Å². The van der Waals surface area contributed by atoms with Gasteiger partial charge in [-0.25, -0.2) is 4.98 Å². The zero-order valence-electron chi connectivity index (χ0n) is 18.1. The van der Waals surface area contributed by atoms with Gasteiger partial charge in [0.2, 0.25) is 5.91 Å². The minimum atomic E-state index is -0.0601. The molecule has 3 atom stereocenters. The van der Waals surface area contributed by atoms with E-state index in [-0.39, 0.29) is 29.7 Å². The zero-order chi connectivity index (χ0) is 21.4. The van der Waals surface area contributed by atoms with Crippen molar-refractivity contribution < 1.29 is 9.59 Å². The summed E-state index contributed by atoms with van der Waals surface area (Å²) >= 11 is 0. The van der Waals surface area contributed by atoms with Crippen molar-refractivity contribution in [2.75, 3.05) is 19.6 Å². The monoisotopic (exact) mass is 418 g/mol. The minimum absolute atomic E-state index is 0.0601. The van der Waals surface area contributed by atoms with Crippen LogP contribution in [0.25, 0.3) is 0 Å². The van der Waals surface area contributed by atoms with Crippen molar-refractivity contribution in [1.82, 2.24) is 19.8 Å². The van der Waals surface area contributed by atoms with Crippen molar-refractivity contribution >= 4 is 11.8 Å². The van der Waals surface area contributed by atoms with Crippen molar-refractivity contribution in [3.63, 3.8) is 0 Å². The third kappa shape index (κ3) is 3.84. The molecule has 0 spiro atoms. The Bertz CT molecular complexity index is 957. The Morgan fingerprint density at radius 3 is 2.65 bits per heavy atom. The number of carbonyl (C=O) groups excluding carboxylic acids is 2. The maximum Gasteiger partial charge on any atom is 0.274 e. The molecule has 6 nitrogen and oxygen atoms in total. The average Bonchev–Trinajstić information content (AvgIpc) is 3.47. The van der Waals surface area contributed by atoms with Crippen LogP contribution in [-0.4, -0.2) is 57.3 Å². The second-order valence-electron chi connectivity index (χ2n) is 9.35. The summed E-state index contributed by atoms with van der Waals surface area (Å²) < 4.78 is 0. The molecule has 2 aliphatic heterocycles. The van der Waals surface area contributed by atoms with Gasteiger partial charge in [-0.2, -0.15) is 0 Å². The predicted octanol–water partition coefficient (Wildman–Crippen LogP) is 3.43. The Labute approximate surface area is 183 Å². The number of piperidine rings is 1. The molecule has 3 fully saturated rings. The van der Waals surface area contributed by atoms with E-state index in [0.29, 0.717) is 24.7 Å². The van der Waals surface area contributed by atoms with Gasteiger partial charge in [-0.1, -0.05) is 42.7 Å². The summed E-state index contributed by atoms with van der Waals surface area (Å²) in [5, 5.41) is 0. The molecule has 0 unspecified atom stereocenters. The van der Waals surface area contributed by atoms with E-state index in [1.165, 1.54) is 30.2 Å². The quantitative estimate of drug-likeness (QED) is 0.766. The fourth-order valence-electron chi connectivity index (χ4n) is 5.90. The van der Waals surface area contributed by atoms with Crippen LogP contribution < -0.4 is 0 Å². The molecule has 1 aromatic heterocycles. The van der Waals surface area contributed by atoms with Crippen molar-refractivity contribution in [1.29, 1.82) is 0 Å². The van der Waals surface area contributed by atoms with Crippen LogP contribution in [0, 0.1) is 18.8 Å². The van der Waals surface area contributed by atoms with Gasteiger partial charge in [0.1, 0.15) is 5.69 Å². The van der Waals surface area contributed by atoms with Gasteiger partial charge < -0.3 is 9.80 Å². The Balaban J connectivity index is 1.42. The van der Waals surface area contributed by atoms with Crippen molar-refractivity contribution in [2.45, 2.75) is 51.0 Å². The summed E-state index contributed by atoms with van der Waals surface area (Å²) in [5.74, 6) is 0.983. The first-order chi connectivity index (χ1) is 15.1. The Morgan fingerprint density at radius 2 is 1.90 bits per heavy atom. The van der Waals surface area contributed by atoms with Gasteiger partial charge in [-0.05, 0) is 31.7 Å². The lowest BCUT2D eigenvalue weighted by atomic mass is 9.81. The molecule has 0 N–H and O–H groups in total. The molecule has 3 aliphatic rings. The maximum atomic E-state index is 13.4. The third-order valence-corrected chi connectivity index (χ3v) is 7.46. The highest BCUT2D eigenvalue weighted by Crippen LogP contribution is 2.43. The van der Waals surface area contributed by atoms with Crippen LogP contribution >= 0.6 is 0 Å². The molecule has 6 heteroatoms. The molecule has 2 saturated heterocycles. The molecule has 1 aromatic carbocycles. The summed E-state index contributed by atoms with van der Waals surface area (Å²) in [7, 11) is 0. The highest BCUT2D eigenvalue weighted by Gasteiger charge is 2.48. The topological polar surface area (TPSA) is 66.4 Å². The second-order valence-corrected chi connectivity index (χ2v) is 9.35. The van der Waals surface area contributed by atoms with E-state index in [9.17, 15) is 9.59 Å². The molecule has 31 heavy (non-hydrogen) atoms. The molecule has 0 bridgehead atoms. The van der Waals surface area contributed by atoms with E-state index in [0.717, 1.165) is 25.8 Å². The van der Waals surface area contributed by atoms with Crippen LogP contribution in [-0.2, 0) is 4.79 Å². The summed E-state index contributed by atoms with van der Waals surface area (Å²) in [6.07, 6.45) is 9.90. The number of benzene rings is 1. The fraction of sp³-hybridized carbons (Fsp3) is 0.520. The lowest BCUT2D eigenvalue weighted by Gasteiger charge is -2.39. The van der Waals surface area contributed by atoms with Crippen molar-refractivity contribution in [2.24, 2.45) is 11.8 Å². The van der Waals surface area contributed by atoms with Gasteiger partial charge in [-0.15, -0.1) is 0 Å². The normalized spacial score (nSPS) is 26.2. The first-order valence-electron chi connectivity index (χ1n) is 11.5. The molecule has 1 aliphatic carbocycles. The molecule has 3 heterocycles. The van der Waals surface area contributed by atoms with Crippen LogP contribution in [0.2, 0.25) is 0 Å². The number of hydrogen-bond acceptors (Lipinski definition) is 4. The standard InChI is InChI=1S/C25H30N4O2/c1-17-5-4-8-19(13-17)20-16-29(24(30)18-6-2-3-7-18)23-9-12-28(15-21(20)23)25(31)22-14-26-10-11-27-22/h4-5,8,10-11,13-14,18,20-21,23H,2-3,6-7,9,12,15-16H2,1H3/t20-,21-,23-/m1/s1. The number of rotatable bonds is 3. The van der Waals surface area contributed by atoms with Crippen LogP contribution in [0.3, 0.4) is 0 Å². The van der Waals surface area contributed by atoms with Gasteiger partial charge in [0.25, 0.3) is 5.91 Å². The number of aryl methyl sites for hydroxylation is 1. The minimum Gasteiger partial charge on any atom is -0.338 e. The largest absolute Gasteiger partial charge is 0.338 e. The average molecular weight is 419 g/mol. The highest BCUT2D eigenvalue weighted by molar-refractivity contribution is 5.92. The SMILES string of the molecule is Cc1cccc([C@H]2CN(C(=O)C3CCCC3)[C@@H]3CCN(C(=O)c4cnccn4)C[C@H]23)c1. The van der Waals surface area contributed by atoms with Crippen molar-refractivity contribution in [3.8, 4) is 0 Å². The van der Waals surface area contributed by atoms with Crippen LogP contribution in [0.4, 0.5) is 0 Å². The number of aromatic nitrogens is 2. The van der Waals surface area contributed by atoms with Crippen LogP contribution in [0.1, 0.15) is 59.6 Å². The number of amides is 2. The number of nitrogens with zero attached hydrogens (tertiary/aromatic N) is 4. The lowest BCUT2D eigenvalue weighted by molar-refractivity contribution is -0.137. The van der Waals surface area contributed by atoms with Gasteiger partial charge in [-0.3, -0.25) is 14.6 Å². The lowest BCUT2D eigenvalue weighted by Crippen LogP contribution is -2.50. The Morgan fingerprint density at radius 1 is 1.06 bits per heavy atom. The van der Waals surface area contributed by atoms with E-state index >= 15 is 0 Å². The molecular weight excluding hydrogens is 388 g/mol. The number of carbonyl (C=O) groups is 2. The molecule has 2 aromatic rings. The Kier molecular flexibility index (Phi) is 5.47. The van der Waals surface area contributed by atoms with Crippen LogP contribution in [0.15, 0.2) is 42.9 Å². The zero-order valence-corrected chi connectivity index (χ0v) is 18.1. The van der Waals surface area contributed by atoms with Gasteiger partial charge in [0, 0.05) is 55.8 Å². The van der Waals surface area contributed by atoms with Crippen LogP contribution in [0.5, 0.6) is 0 Å². The van der Waals surface area contributed by atoms with E-state index in [2.05, 4.69) is 46.1 Å². The second kappa shape index (κ2) is 8.40. The number of fused-ring (bicyclic) bond motifs is 1.